The van der Waals surface area contributed by atoms with Crippen molar-refractivity contribution in [3.63, 3.8) is 0 Å². The molecule has 2 heterocycles. The molecule has 0 spiro atoms. The SMILES string of the molecule is CCOC(=O)c1c(NC(=O)c2nc(SC(C)C)ncc2Cl)sc(C(C)=O)c1C. The van der Waals surface area contributed by atoms with Crippen LogP contribution in [0.15, 0.2) is 11.4 Å². The van der Waals surface area contributed by atoms with E-state index in [9.17, 15) is 14.4 Å². The Bertz CT molecular complexity index is 928. The van der Waals surface area contributed by atoms with E-state index < -0.39 is 11.9 Å². The van der Waals surface area contributed by atoms with Crippen molar-refractivity contribution in [1.29, 1.82) is 0 Å². The van der Waals surface area contributed by atoms with E-state index in [1.54, 1.807) is 13.8 Å². The van der Waals surface area contributed by atoms with Crippen LogP contribution in [0.5, 0.6) is 0 Å². The molecule has 2 aromatic heterocycles. The summed E-state index contributed by atoms with van der Waals surface area (Å²) in [6.45, 7) is 8.85. The Morgan fingerprint density at radius 2 is 2.04 bits per heavy atom. The van der Waals surface area contributed by atoms with Crippen LogP contribution >= 0.6 is 34.7 Å². The minimum atomic E-state index is -0.608. The number of nitrogens with one attached hydrogen (secondary N) is 1. The van der Waals surface area contributed by atoms with Crippen LogP contribution in [0.25, 0.3) is 0 Å². The van der Waals surface area contributed by atoms with E-state index in [0.717, 1.165) is 11.3 Å². The van der Waals surface area contributed by atoms with Crippen molar-refractivity contribution in [2.75, 3.05) is 11.9 Å². The maximum atomic E-state index is 12.8. The van der Waals surface area contributed by atoms with Gasteiger partial charge in [0.2, 0.25) is 0 Å². The number of carbonyl (C=O) groups is 3. The zero-order valence-electron chi connectivity index (χ0n) is 16.1. The zero-order chi connectivity index (χ0) is 21.0. The maximum absolute atomic E-state index is 12.8. The van der Waals surface area contributed by atoms with Gasteiger partial charge < -0.3 is 10.1 Å². The number of ether oxygens (including phenoxy) is 1. The lowest BCUT2D eigenvalue weighted by Crippen LogP contribution is -2.17. The van der Waals surface area contributed by atoms with Crippen LogP contribution in [0, 0.1) is 6.92 Å². The number of Topliss-reactive ketones (excluding diaryl/α,β-unsaturated/α-hetero) is 1. The van der Waals surface area contributed by atoms with Crippen LogP contribution in [0.1, 0.15) is 63.8 Å². The predicted molar refractivity (Wildman–Crippen MR) is 111 cm³/mol. The van der Waals surface area contributed by atoms with Crippen molar-refractivity contribution >= 4 is 57.4 Å². The minimum Gasteiger partial charge on any atom is -0.462 e. The van der Waals surface area contributed by atoms with Crippen molar-refractivity contribution in [1.82, 2.24) is 9.97 Å². The number of thioether (sulfide) groups is 1. The predicted octanol–water partition coefficient (Wildman–Crippen LogP) is 4.63. The smallest absolute Gasteiger partial charge is 0.341 e. The second kappa shape index (κ2) is 9.49. The number of hydrogen-bond acceptors (Lipinski definition) is 8. The minimum absolute atomic E-state index is 0.00921. The first-order chi connectivity index (χ1) is 13.1. The summed E-state index contributed by atoms with van der Waals surface area (Å²) in [7, 11) is 0. The highest BCUT2D eigenvalue weighted by molar-refractivity contribution is 7.99. The molecule has 0 unspecified atom stereocenters. The second-order valence-corrected chi connectivity index (χ2v) is 8.98. The van der Waals surface area contributed by atoms with Crippen LogP contribution < -0.4 is 5.32 Å². The Morgan fingerprint density at radius 1 is 1.36 bits per heavy atom. The van der Waals surface area contributed by atoms with Crippen molar-refractivity contribution in [2.24, 2.45) is 0 Å². The summed E-state index contributed by atoms with van der Waals surface area (Å²) in [6, 6.07) is 0. The largest absolute Gasteiger partial charge is 0.462 e. The summed E-state index contributed by atoms with van der Waals surface area (Å²) in [5.41, 5.74) is 0.619. The third-order valence-corrected chi connectivity index (χ3v) is 5.91. The molecule has 0 saturated carbocycles. The van der Waals surface area contributed by atoms with Crippen molar-refractivity contribution in [3.05, 3.63) is 32.9 Å². The van der Waals surface area contributed by atoms with E-state index in [-0.39, 0.29) is 38.9 Å². The van der Waals surface area contributed by atoms with Gasteiger partial charge in [-0.1, -0.05) is 37.2 Å². The molecule has 150 valence electrons. The number of carbonyl (C=O) groups excluding carboxylic acids is 3. The highest BCUT2D eigenvalue weighted by Gasteiger charge is 2.26. The Hall–Kier alpha value is -1.97. The van der Waals surface area contributed by atoms with Gasteiger partial charge in [-0.05, 0) is 26.3 Å². The molecule has 0 fully saturated rings. The molecule has 28 heavy (non-hydrogen) atoms. The third-order valence-electron chi connectivity index (χ3n) is 3.45. The first kappa shape index (κ1) is 22.3. The normalized spacial score (nSPS) is 10.8. The number of nitrogens with zero attached hydrogens (tertiary/aromatic N) is 2. The molecule has 0 aliphatic carbocycles. The van der Waals surface area contributed by atoms with Crippen molar-refractivity contribution in [2.45, 2.75) is 45.0 Å². The number of halogens is 1. The van der Waals surface area contributed by atoms with Gasteiger partial charge in [-0.2, -0.15) is 0 Å². The number of rotatable bonds is 7. The van der Waals surface area contributed by atoms with Gasteiger partial charge in [0.05, 0.1) is 28.3 Å². The number of thiophene rings is 1. The van der Waals surface area contributed by atoms with E-state index in [4.69, 9.17) is 16.3 Å². The van der Waals surface area contributed by atoms with Gasteiger partial charge in [-0.3, -0.25) is 9.59 Å². The molecule has 0 radical (unpaired) electrons. The molecule has 2 rings (SSSR count). The van der Waals surface area contributed by atoms with Crippen LogP contribution in [0.3, 0.4) is 0 Å². The van der Waals surface area contributed by atoms with Crippen molar-refractivity contribution < 1.29 is 19.1 Å². The van der Waals surface area contributed by atoms with Crippen LogP contribution in [0.2, 0.25) is 5.02 Å². The summed E-state index contributed by atoms with van der Waals surface area (Å²) in [6.07, 6.45) is 1.36. The Labute approximate surface area is 176 Å². The summed E-state index contributed by atoms with van der Waals surface area (Å²) in [5, 5.41) is 3.60. The molecule has 2 aromatic rings. The fraction of sp³-hybridized carbons (Fsp3) is 0.389. The van der Waals surface area contributed by atoms with E-state index in [1.165, 1.54) is 24.9 Å². The standard InChI is InChI=1S/C18H20ClN3O4S2/c1-6-26-17(25)12-9(4)14(10(5)23)28-16(12)22-15(24)13-11(19)7-20-18(21-13)27-8(2)3/h7-8H,6H2,1-5H3,(H,22,24). The Morgan fingerprint density at radius 3 is 2.61 bits per heavy atom. The van der Waals surface area contributed by atoms with Gasteiger partial charge in [-0.15, -0.1) is 11.3 Å². The topological polar surface area (TPSA) is 98.2 Å². The van der Waals surface area contributed by atoms with Crippen LogP contribution in [-0.2, 0) is 4.74 Å². The number of hydrogen-bond donors (Lipinski definition) is 1. The van der Waals surface area contributed by atoms with E-state index in [0.29, 0.717) is 15.6 Å². The molecule has 1 N–H and O–H groups in total. The van der Waals surface area contributed by atoms with Crippen molar-refractivity contribution in [3.8, 4) is 0 Å². The lowest BCUT2D eigenvalue weighted by atomic mass is 10.1. The van der Waals surface area contributed by atoms with Gasteiger partial charge in [0.25, 0.3) is 5.91 Å². The highest BCUT2D eigenvalue weighted by Crippen LogP contribution is 2.34. The molecule has 0 aromatic carbocycles. The fourth-order valence-electron chi connectivity index (χ4n) is 2.33. The lowest BCUT2D eigenvalue weighted by Gasteiger charge is -2.09. The number of aromatic nitrogens is 2. The Kier molecular flexibility index (Phi) is 7.56. The van der Waals surface area contributed by atoms with Gasteiger partial charge >= 0.3 is 5.97 Å². The molecule has 0 bridgehead atoms. The quantitative estimate of drug-likeness (QED) is 0.289. The molecule has 7 nitrogen and oxygen atoms in total. The summed E-state index contributed by atoms with van der Waals surface area (Å²) >= 11 is 8.51. The highest BCUT2D eigenvalue weighted by atomic mass is 35.5. The van der Waals surface area contributed by atoms with Gasteiger partial charge in [0.15, 0.2) is 16.6 Å². The van der Waals surface area contributed by atoms with Crippen LogP contribution in [0.4, 0.5) is 5.00 Å². The zero-order valence-corrected chi connectivity index (χ0v) is 18.5. The monoisotopic (exact) mass is 441 g/mol. The third kappa shape index (κ3) is 5.09. The summed E-state index contributed by atoms with van der Waals surface area (Å²) < 4.78 is 5.07. The summed E-state index contributed by atoms with van der Waals surface area (Å²) in [5.74, 6) is -1.41. The molecule has 1 amide bonds. The average Bonchev–Trinajstić information content (AvgIpc) is 2.92. The maximum Gasteiger partial charge on any atom is 0.341 e. The second-order valence-electron chi connectivity index (χ2n) is 6.01. The van der Waals surface area contributed by atoms with Gasteiger partial charge in [0.1, 0.15) is 5.00 Å². The van der Waals surface area contributed by atoms with E-state index in [1.807, 2.05) is 13.8 Å². The van der Waals surface area contributed by atoms with E-state index >= 15 is 0 Å². The summed E-state index contributed by atoms with van der Waals surface area (Å²) in [4.78, 5) is 45.7. The fourth-order valence-corrected chi connectivity index (χ4v) is 4.27. The molecule has 0 aliphatic heterocycles. The van der Waals surface area contributed by atoms with E-state index in [2.05, 4.69) is 15.3 Å². The molecule has 10 heteroatoms. The molecule has 0 saturated heterocycles. The number of esters is 1. The lowest BCUT2D eigenvalue weighted by molar-refractivity contribution is 0.0527. The molecular formula is C18H20ClN3O4S2. The Balaban J connectivity index is 2.42. The molecule has 0 atom stereocenters. The van der Waals surface area contributed by atoms with Crippen LogP contribution in [-0.4, -0.2) is 39.5 Å². The number of amides is 1. The number of ketones is 1. The number of anilines is 1. The first-order valence-corrected chi connectivity index (χ1v) is 10.5. The van der Waals surface area contributed by atoms with Gasteiger partial charge in [-0.25, -0.2) is 14.8 Å². The molecule has 0 aliphatic rings. The average molecular weight is 442 g/mol. The first-order valence-electron chi connectivity index (χ1n) is 8.47. The van der Waals surface area contributed by atoms with Gasteiger partial charge in [0, 0.05) is 5.25 Å². The molecular weight excluding hydrogens is 422 g/mol.